The van der Waals surface area contributed by atoms with E-state index in [2.05, 4.69) is 29.6 Å². The van der Waals surface area contributed by atoms with Crippen molar-refractivity contribution in [1.82, 2.24) is 25.3 Å². The van der Waals surface area contributed by atoms with Crippen LogP contribution in [-0.2, 0) is 17.9 Å². The van der Waals surface area contributed by atoms with Crippen LogP contribution in [0.15, 0.2) is 23.6 Å². The number of nitrogens with zero attached hydrogens (tertiary/aromatic N) is 3. The quantitative estimate of drug-likeness (QED) is 0.719. The molecule has 29 heavy (non-hydrogen) atoms. The summed E-state index contributed by atoms with van der Waals surface area (Å²) in [5.74, 6) is -0.429. The minimum Gasteiger partial charge on any atom is -0.354 e. The molecular weight excluding hydrogens is 390 g/mol. The summed E-state index contributed by atoms with van der Waals surface area (Å²) in [7, 11) is 1.61. The van der Waals surface area contributed by atoms with E-state index in [-0.39, 0.29) is 30.0 Å². The molecule has 2 aromatic rings. The van der Waals surface area contributed by atoms with Crippen molar-refractivity contribution in [3.05, 3.63) is 39.8 Å². The molecule has 3 amide bonds. The van der Waals surface area contributed by atoms with Gasteiger partial charge in [0.2, 0.25) is 5.91 Å². The number of nitrogens with one attached hydrogen (secondary N) is 2. The maximum absolute atomic E-state index is 12.9. The molecule has 0 aliphatic carbocycles. The fraction of sp³-hybridized carbons (Fsp3) is 0.500. The Morgan fingerprint density at radius 3 is 2.76 bits per heavy atom. The molecule has 2 aromatic heterocycles. The number of amides is 3. The number of aromatic nitrogens is 2. The minimum absolute atomic E-state index is 0.169. The Morgan fingerprint density at radius 1 is 1.34 bits per heavy atom. The molecule has 1 unspecified atom stereocenters. The lowest BCUT2D eigenvalue weighted by Gasteiger charge is -2.40. The number of likely N-dealkylation sites (N-methyl/N-ethyl adjacent to an activating group) is 1. The van der Waals surface area contributed by atoms with Gasteiger partial charge in [-0.1, -0.05) is 19.9 Å². The van der Waals surface area contributed by atoms with Crippen LogP contribution in [0.1, 0.15) is 53.0 Å². The van der Waals surface area contributed by atoms with E-state index >= 15 is 0 Å². The molecular formula is C20H27N5O3S. The monoisotopic (exact) mass is 417 g/mol. The van der Waals surface area contributed by atoms with Gasteiger partial charge in [-0.3, -0.25) is 19.1 Å². The third kappa shape index (κ3) is 4.34. The van der Waals surface area contributed by atoms with Gasteiger partial charge in [-0.2, -0.15) is 5.10 Å². The van der Waals surface area contributed by atoms with E-state index in [1.165, 1.54) is 15.6 Å². The zero-order valence-electron chi connectivity index (χ0n) is 17.2. The summed E-state index contributed by atoms with van der Waals surface area (Å²) in [6, 6.07) is 5.34. The zero-order chi connectivity index (χ0) is 21.2. The van der Waals surface area contributed by atoms with Crippen LogP contribution >= 0.6 is 11.3 Å². The minimum atomic E-state index is -1.07. The highest BCUT2D eigenvalue weighted by molar-refractivity contribution is 7.09. The second-order valence-corrected chi connectivity index (χ2v) is 8.94. The molecule has 0 aromatic carbocycles. The molecule has 3 heterocycles. The van der Waals surface area contributed by atoms with E-state index in [0.29, 0.717) is 24.7 Å². The molecule has 1 aliphatic heterocycles. The summed E-state index contributed by atoms with van der Waals surface area (Å²) in [6.45, 7) is 7.04. The summed E-state index contributed by atoms with van der Waals surface area (Å²) in [5.41, 5.74) is -0.596. The molecule has 8 nitrogen and oxygen atoms in total. The first-order valence-corrected chi connectivity index (χ1v) is 10.5. The average molecular weight is 418 g/mol. The lowest BCUT2D eigenvalue weighted by molar-refractivity contribution is -0.132. The van der Waals surface area contributed by atoms with Crippen LogP contribution in [0.2, 0.25) is 0 Å². The number of fused-ring (bicyclic) bond motifs is 1. The number of carbonyl (C=O) groups excluding carboxylic acids is 3. The maximum Gasteiger partial charge on any atom is 0.272 e. The lowest BCUT2D eigenvalue weighted by Crippen LogP contribution is -2.62. The van der Waals surface area contributed by atoms with E-state index in [1.54, 1.807) is 25.3 Å². The Bertz CT molecular complexity index is 905. The fourth-order valence-corrected chi connectivity index (χ4v) is 3.82. The number of thiophene rings is 1. The van der Waals surface area contributed by atoms with Crippen molar-refractivity contribution in [3.8, 4) is 0 Å². The number of hydrogen-bond acceptors (Lipinski definition) is 5. The predicted molar refractivity (Wildman–Crippen MR) is 111 cm³/mol. The van der Waals surface area contributed by atoms with Crippen LogP contribution in [0.5, 0.6) is 0 Å². The van der Waals surface area contributed by atoms with Crippen molar-refractivity contribution >= 4 is 29.1 Å². The Morgan fingerprint density at radius 2 is 2.10 bits per heavy atom. The van der Waals surface area contributed by atoms with E-state index in [9.17, 15) is 14.4 Å². The highest BCUT2D eigenvalue weighted by atomic mass is 32.1. The van der Waals surface area contributed by atoms with Gasteiger partial charge >= 0.3 is 0 Å². The normalized spacial score (nSPS) is 18.7. The van der Waals surface area contributed by atoms with Crippen LogP contribution in [0.3, 0.4) is 0 Å². The SMILES string of the molecule is CC(C)CCNC(=O)C1(C)Cn2nc(C(=O)NCc3cccs3)cc2C(=O)N1C. The highest BCUT2D eigenvalue weighted by Crippen LogP contribution is 2.26. The summed E-state index contributed by atoms with van der Waals surface area (Å²) in [5, 5.41) is 12.0. The second-order valence-electron chi connectivity index (χ2n) is 7.91. The molecule has 0 radical (unpaired) electrons. The van der Waals surface area contributed by atoms with Gasteiger partial charge in [0.1, 0.15) is 11.2 Å². The van der Waals surface area contributed by atoms with E-state index in [0.717, 1.165) is 11.3 Å². The first kappa shape index (κ1) is 21.0. The van der Waals surface area contributed by atoms with Crippen LogP contribution in [0.4, 0.5) is 0 Å². The second kappa shape index (κ2) is 8.36. The van der Waals surface area contributed by atoms with Crippen molar-refractivity contribution in [1.29, 1.82) is 0 Å². The summed E-state index contributed by atoms with van der Waals surface area (Å²) >= 11 is 1.55. The van der Waals surface area contributed by atoms with Gasteiger partial charge < -0.3 is 15.5 Å². The van der Waals surface area contributed by atoms with Crippen molar-refractivity contribution in [2.45, 2.75) is 45.8 Å². The Labute approximate surface area is 174 Å². The van der Waals surface area contributed by atoms with Gasteiger partial charge in [-0.15, -0.1) is 11.3 Å². The molecule has 0 spiro atoms. The molecule has 1 aliphatic rings. The van der Waals surface area contributed by atoms with Gasteiger partial charge in [0.05, 0.1) is 13.1 Å². The largest absolute Gasteiger partial charge is 0.354 e. The molecule has 156 valence electrons. The number of hydrogen-bond donors (Lipinski definition) is 2. The van der Waals surface area contributed by atoms with E-state index in [1.807, 2.05) is 17.5 Å². The standard InChI is InChI=1S/C20H27N5O3S/c1-13(2)7-8-21-19(28)20(3)12-25-16(18(27)24(20)4)10-15(23-25)17(26)22-11-14-6-5-9-29-14/h5-6,9-10,13H,7-8,11-12H2,1-4H3,(H,21,28)(H,22,26). The lowest BCUT2D eigenvalue weighted by atomic mass is 9.95. The molecule has 3 rings (SSSR count). The average Bonchev–Trinajstić information content (AvgIpc) is 3.33. The van der Waals surface area contributed by atoms with Crippen molar-refractivity contribution < 1.29 is 14.4 Å². The molecule has 2 N–H and O–H groups in total. The summed E-state index contributed by atoms with van der Waals surface area (Å²) in [4.78, 5) is 40.6. The molecule has 0 bridgehead atoms. The van der Waals surface area contributed by atoms with Crippen molar-refractivity contribution in [3.63, 3.8) is 0 Å². The Hall–Kier alpha value is -2.68. The maximum atomic E-state index is 12.9. The van der Waals surface area contributed by atoms with E-state index in [4.69, 9.17) is 0 Å². The van der Waals surface area contributed by atoms with Crippen LogP contribution < -0.4 is 10.6 Å². The summed E-state index contributed by atoms with van der Waals surface area (Å²) in [6.07, 6.45) is 0.862. The first-order valence-electron chi connectivity index (χ1n) is 9.67. The van der Waals surface area contributed by atoms with Crippen LogP contribution in [-0.4, -0.2) is 51.5 Å². The third-order valence-corrected chi connectivity index (χ3v) is 6.11. The molecule has 0 saturated carbocycles. The topological polar surface area (TPSA) is 96.3 Å². The molecule has 0 saturated heterocycles. The fourth-order valence-electron chi connectivity index (χ4n) is 3.17. The van der Waals surface area contributed by atoms with Gasteiger partial charge in [-0.25, -0.2) is 0 Å². The smallest absolute Gasteiger partial charge is 0.272 e. The van der Waals surface area contributed by atoms with Crippen molar-refractivity contribution in [2.75, 3.05) is 13.6 Å². The van der Waals surface area contributed by atoms with Gasteiger partial charge in [0, 0.05) is 24.5 Å². The Kier molecular flexibility index (Phi) is 6.07. The van der Waals surface area contributed by atoms with Crippen LogP contribution in [0.25, 0.3) is 0 Å². The predicted octanol–water partition coefficient (Wildman–Crippen LogP) is 1.88. The molecule has 9 heteroatoms. The molecule has 0 fully saturated rings. The van der Waals surface area contributed by atoms with E-state index < -0.39 is 5.54 Å². The molecule has 1 atom stereocenters. The third-order valence-electron chi connectivity index (χ3n) is 5.23. The van der Waals surface area contributed by atoms with Crippen molar-refractivity contribution in [2.24, 2.45) is 5.92 Å². The highest BCUT2D eigenvalue weighted by Gasteiger charge is 2.46. The first-order chi connectivity index (χ1) is 13.7. The zero-order valence-corrected chi connectivity index (χ0v) is 18.0. The van der Waals surface area contributed by atoms with Gasteiger partial charge in [-0.05, 0) is 30.7 Å². The summed E-state index contributed by atoms with van der Waals surface area (Å²) < 4.78 is 1.46. The Balaban J connectivity index is 1.73. The van der Waals surface area contributed by atoms with Gasteiger partial charge in [0.15, 0.2) is 5.69 Å². The van der Waals surface area contributed by atoms with Crippen LogP contribution in [0, 0.1) is 5.92 Å². The van der Waals surface area contributed by atoms with Gasteiger partial charge in [0.25, 0.3) is 11.8 Å². The number of carbonyl (C=O) groups is 3. The number of rotatable bonds is 7.